The lowest BCUT2D eigenvalue weighted by atomic mass is 10.1. The minimum atomic E-state index is -0.779. The van der Waals surface area contributed by atoms with Crippen LogP contribution in [0.25, 0.3) is 10.9 Å². The number of methoxy groups -OCH3 is 1. The second kappa shape index (κ2) is 9.29. The number of hydrogen-bond donors (Lipinski definition) is 1. The molecule has 0 saturated heterocycles. The molecule has 1 N–H and O–H groups in total. The fourth-order valence-electron chi connectivity index (χ4n) is 3.12. The van der Waals surface area contributed by atoms with Crippen molar-refractivity contribution in [2.75, 3.05) is 13.7 Å². The van der Waals surface area contributed by atoms with E-state index >= 15 is 0 Å². The maximum absolute atomic E-state index is 10.5. The van der Waals surface area contributed by atoms with Gasteiger partial charge in [0, 0.05) is 11.5 Å². The summed E-state index contributed by atoms with van der Waals surface area (Å²) in [4.78, 5) is 4.62. The molecule has 0 aliphatic rings. The summed E-state index contributed by atoms with van der Waals surface area (Å²) in [6.07, 6.45) is -0.779. The van der Waals surface area contributed by atoms with E-state index in [1.807, 2.05) is 78.9 Å². The Morgan fingerprint density at radius 1 is 0.800 bits per heavy atom. The number of aromatic nitrogens is 1. The fraction of sp³-hybridized carbons (Fsp3) is 0.160. The molecule has 0 amide bonds. The van der Waals surface area contributed by atoms with Crippen molar-refractivity contribution in [3.63, 3.8) is 0 Å². The third kappa shape index (κ3) is 4.88. The summed E-state index contributed by atoms with van der Waals surface area (Å²) in [5.74, 6) is 2.02. The predicted octanol–water partition coefficient (Wildman–Crippen LogP) is 4.93. The Hall–Kier alpha value is -3.57. The van der Waals surface area contributed by atoms with Gasteiger partial charge in [0.2, 0.25) is 0 Å². The summed E-state index contributed by atoms with van der Waals surface area (Å²) < 4.78 is 16.8. The highest BCUT2D eigenvalue weighted by atomic mass is 16.5. The maximum atomic E-state index is 10.5. The molecule has 0 aliphatic heterocycles. The Balaban J connectivity index is 1.37. The molecule has 0 bridgehead atoms. The van der Waals surface area contributed by atoms with Crippen molar-refractivity contribution >= 4 is 10.9 Å². The van der Waals surface area contributed by atoms with Gasteiger partial charge in [0.15, 0.2) is 0 Å². The normalized spacial score (nSPS) is 11.8. The number of aliphatic hydroxyl groups excluding tert-OH is 1. The standard InChI is InChI=1S/C25H23NO4/c1-28-21-8-5-10-23(15-21)30-17-25(27)19-7-4-9-22(14-19)29-16-20-13-12-18-6-2-3-11-24(18)26-20/h2-15,25,27H,16-17H2,1H3. The van der Waals surface area contributed by atoms with Crippen LogP contribution in [0, 0.1) is 0 Å². The molecular weight excluding hydrogens is 378 g/mol. The van der Waals surface area contributed by atoms with E-state index in [9.17, 15) is 5.11 Å². The van der Waals surface area contributed by atoms with Gasteiger partial charge in [0.1, 0.15) is 36.6 Å². The Labute approximate surface area is 175 Å². The molecule has 1 heterocycles. The zero-order valence-corrected chi connectivity index (χ0v) is 16.7. The average molecular weight is 401 g/mol. The number of ether oxygens (including phenoxy) is 3. The first-order valence-corrected chi connectivity index (χ1v) is 9.73. The van der Waals surface area contributed by atoms with Crippen LogP contribution in [0.4, 0.5) is 0 Å². The number of rotatable bonds is 8. The lowest BCUT2D eigenvalue weighted by Gasteiger charge is -2.14. The van der Waals surface area contributed by atoms with E-state index in [0.717, 1.165) is 22.2 Å². The first-order chi connectivity index (χ1) is 14.7. The van der Waals surface area contributed by atoms with Gasteiger partial charge in [-0.15, -0.1) is 0 Å². The van der Waals surface area contributed by atoms with Crippen LogP contribution in [0.2, 0.25) is 0 Å². The number of aliphatic hydroxyl groups is 1. The molecule has 152 valence electrons. The highest BCUT2D eigenvalue weighted by molar-refractivity contribution is 5.78. The number of fused-ring (bicyclic) bond motifs is 1. The predicted molar refractivity (Wildman–Crippen MR) is 116 cm³/mol. The number of benzene rings is 3. The van der Waals surface area contributed by atoms with Crippen molar-refractivity contribution < 1.29 is 19.3 Å². The second-order valence-electron chi connectivity index (χ2n) is 6.86. The molecule has 0 spiro atoms. The monoisotopic (exact) mass is 401 g/mol. The quantitative estimate of drug-likeness (QED) is 0.453. The van der Waals surface area contributed by atoms with E-state index in [4.69, 9.17) is 14.2 Å². The van der Waals surface area contributed by atoms with Crippen molar-refractivity contribution in [1.82, 2.24) is 4.98 Å². The van der Waals surface area contributed by atoms with E-state index in [2.05, 4.69) is 4.98 Å². The van der Waals surface area contributed by atoms with Crippen molar-refractivity contribution in [1.29, 1.82) is 0 Å². The molecular formula is C25H23NO4. The third-order valence-corrected chi connectivity index (χ3v) is 4.73. The summed E-state index contributed by atoms with van der Waals surface area (Å²) >= 11 is 0. The first-order valence-electron chi connectivity index (χ1n) is 9.73. The van der Waals surface area contributed by atoms with Gasteiger partial charge in [-0.3, -0.25) is 0 Å². The van der Waals surface area contributed by atoms with Gasteiger partial charge in [0.05, 0.1) is 18.3 Å². The Morgan fingerprint density at radius 2 is 1.57 bits per heavy atom. The van der Waals surface area contributed by atoms with Crippen molar-refractivity contribution in [2.45, 2.75) is 12.7 Å². The molecule has 0 radical (unpaired) electrons. The van der Waals surface area contributed by atoms with Crippen LogP contribution < -0.4 is 14.2 Å². The minimum absolute atomic E-state index is 0.128. The number of nitrogens with zero attached hydrogens (tertiary/aromatic N) is 1. The van der Waals surface area contributed by atoms with E-state index in [1.54, 1.807) is 13.2 Å². The van der Waals surface area contributed by atoms with Crippen LogP contribution in [0.5, 0.6) is 17.2 Å². The number of pyridine rings is 1. The lowest BCUT2D eigenvalue weighted by Crippen LogP contribution is -2.10. The first kappa shape index (κ1) is 19.7. The van der Waals surface area contributed by atoms with Gasteiger partial charge in [-0.2, -0.15) is 0 Å². The minimum Gasteiger partial charge on any atom is -0.497 e. The van der Waals surface area contributed by atoms with Gasteiger partial charge in [-0.1, -0.05) is 42.5 Å². The molecule has 4 rings (SSSR count). The molecule has 1 atom stereocenters. The van der Waals surface area contributed by atoms with Crippen LogP contribution >= 0.6 is 0 Å². The molecule has 5 nitrogen and oxygen atoms in total. The molecule has 0 aliphatic carbocycles. The molecule has 0 fully saturated rings. The van der Waals surface area contributed by atoms with Gasteiger partial charge >= 0.3 is 0 Å². The zero-order chi connectivity index (χ0) is 20.8. The summed E-state index contributed by atoms with van der Waals surface area (Å²) in [5.41, 5.74) is 2.51. The number of hydrogen-bond acceptors (Lipinski definition) is 5. The Morgan fingerprint density at radius 3 is 2.43 bits per heavy atom. The summed E-state index contributed by atoms with van der Waals surface area (Å²) in [6.45, 7) is 0.480. The van der Waals surface area contributed by atoms with Crippen LogP contribution in [0.1, 0.15) is 17.4 Å². The molecule has 0 saturated carbocycles. The van der Waals surface area contributed by atoms with E-state index in [1.165, 1.54) is 0 Å². The summed E-state index contributed by atoms with van der Waals surface area (Å²) in [7, 11) is 1.60. The van der Waals surface area contributed by atoms with Crippen LogP contribution in [-0.2, 0) is 6.61 Å². The highest BCUT2D eigenvalue weighted by Gasteiger charge is 2.10. The number of para-hydroxylation sites is 1. The van der Waals surface area contributed by atoms with Gasteiger partial charge < -0.3 is 19.3 Å². The Kier molecular flexibility index (Phi) is 6.11. The maximum Gasteiger partial charge on any atom is 0.130 e. The molecule has 30 heavy (non-hydrogen) atoms. The lowest BCUT2D eigenvalue weighted by molar-refractivity contribution is 0.107. The van der Waals surface area contributed by atoms with Crippen molar-refractivity contribution in [2.24, 2.45) is 0 Å². The van der Waals surface area contributed by atoms with Crippen LogP contribution in [0.15, 0.2) is 84.9 Å². The molecule has 1 unspecified atom stereocenters. The zero-order valence-electron chi connectivity index (χ0n) is 16.7. The summed E-state index contributed by atoms with van der Waals surface area (Å²) in [5, 5.41) is 11.6. The van der Waals surface area contributed by atoms with E-state index < -0.39 is 6.10 Å². The molecule has 3 aromatic carbocycles. The van der Waals surface area contributed by atoms with Gasteiger partial charge in [-0.05, 0) is 42.0 Å². The Bertz CT molecular complexity index is 1130. The van der Waals surface area contributed by atoms with Crippen LogP contribution in [-0.4, -0.2) is 23.8 Å². The van der Waals surface area contributed by atoms with E-state index in [-0.39, 0.29) is 6.61 Å². The molecule has 1 aromatic heterocycles. The van der Waals surface area contributed by atoms with Gasteiger partial charge in [-0.25, -0.2) is 4.98 Å². The largest absolute Gasteiger partial charge is 0.497 e. The fourth-order valence-corrected chi connectivity index (χ4v) is 3.12. The molecule has 5 heteroatoms. The second-order valence-corrected chi connectivity index (χ2v) is 6.86. The highest BCUT2D eigenvalue weighted by Crippen LogP contribution is 2.23. The third-order valence-electron chi connectivity index (χ3n) is 4.73. The topological polar surface area (TPSA) is 60.8 Å². The van der Waals surface area contributed by atoms with E-state index in [0.29, 0.717) is 23.9 Å². The average Bonchev–Trinajstić information content (AvgIpc) is 2.81. The van der Waals surface area contributed by atoms with Crippen molar-refractivity contribution in [3.05, 3.63) is 96.2 Å². The van der Waals surface area contributed by atoms with Crippen LogP contribution in [0.3, 0.4) is 0 Å². The smallest absolute Gasteiger partial charge is 0.130 e. The summed E-state index contributed by atoms with van der Waals surface area (Å²) in [6, 6.07) is 26.7. The van der Waals surface area contributed by atoms with Gasteiger partial charge in [0.25, 0.3) is 0 Å². The molecule has 4 aromatic rings. The SMILES string of the molecule is COc1cccc(OCC(O)c2cccc(OCc3ccc4ccccc4n3)c2)c1. The van der Waals surface area contributed by atoms with Crippen molar-refractivity contribution in [3.8, 4) is 17.2 Å².